The van der Waals surface area contributed by atoms with E-state index < -0.39 is 9.84 Å². The molecule has 1 fully saturated rings. The normalized spacial score (nSPS) is 20.8. The number of benzene rings is 1. The molecule has 0 N–H and O–H groups in total. The van der Waals surface area contributed by atoms with Crippen molar-refractivity contribution in [2.45, 2.75) is 30.4 Å². The van der Waals surface area contributed by atoms with Crippen molar-refractivity contribution in [3.05, 3.63) is 30.3 Å². The summed E-state index contributed by atoms with van der Waals surface area (Å²) in [4.78, 5) is 0.346. The highest BCUT2D eigenvalue weighted by molar-refractivity contribution is 7.91. The van der Waals surface area contributed by atoms with Gasteiger partial charge in [-0.05, 0) is 31.4 Å². The molecule has 2 rings (SSSR count). The smallest absolute Gasteiger partial charge is 0.180 e. The molecule has 0 radical (unpaired) electrons. The Bertz CT molecular complexity index is 449. The summed E-state index contributed by atoms with van der Waals surface area (Å²) in [6, 6.07) is 8.44. The highest BCUT2D eigenvalue weighted by Gasteiger charge is 2.17. The summed E-state index contributed by atoms with van der Waals surface area (Å²) in [5, 5.41) is 0. The number of sulfone groups is 1. The first-order valence-corrected chi connectivity index (χ1v) is 7.85. The third-order valence-electron chi connectivity index (χ3n) is 2.90. The molecule has 1 aliphatic rings. The molecular formula is C13H18O4S. The first-order valence-electron chi connectivity index (χ1n) is 6.19. The quantitative estimate of drug-likeness (QED) is 0.821. The molecule has 0 spiro atoms. The van der Waals surface area contributed by atoms with E-state index in [1.807, 2.05) is 0 Å². The Hall–Kier alpha value is -0.910. The van der Waals surface area contributed by atoms with Crippen LogP contribution < -0.4 is 0 Å². The Morgan fingerprint density at radius 1 is 1.22 bits per heavy atom. The predicted molar refractivity (Wildman–Crippen MR) is 68.0 cm³/mol. The average Bonchev–Trinajstić information content (AvgIpc) is 2.41. The fourth-order valence-corrected chi connectivity index (χ4v) is 3.00. The SMILES string of the molecule is O=S(=O)(CCOC1CCCCO1)c1ccccc1. The molecule has 0 aliphatic carbocycles. The van der Waals surface area contributed by atoms with E-state index in [2.05, 4.69) is 0 Å². The zero-order valence-corrected chi connectivity index (χ0v) is 11.1. The molecule has 0 bridgehead atoms. The summed E-state index contributed by atoms with van der Waals surface area (Å²) in [6.07, 6.45) is 2.76. The molecular weight excluding hydrogens is 252 g/mol. The van der Waals surface area contributed by atoms with Gasteiger partial charge in [-0.1, -0.05) is 18.2 Å². The van der Waals surface area contributed by atoms with Crippen molar-refractivity contribution >= 4 is 9.84 Å². The van der Waals surface area contributed by atoms with E-state index in [9.17, 15) is 8.42 Å². The fraction of sp³-hybridized carbons (Fsp3) is 0.538. The molecule has 1 heterocycles. The van der Waals surface area contributed by atoms with Gasteiger partial charge < -0.3 is 9.47 Å². The highest BCUT2D eigenvalue weighted by Crippen LogP contribution is 2.15. The van der Waals surface area contributed by atoms with Crippen LogP contribution in [0.3, 0.4) is 0 Å². The van der Waals surface area contributed by atoms with Crippen LogP contribution in [0.4, 0.5) is 0 Å². The van der Waals surface area contributed by atoms with Crippen LogP contribution in [0.1, 0.15) is 19.3 Å². The molecule has 1 unspecified atom stereocenters. The standard InChI is InChI=1S/C13H18O4S/c14-18(15,12-6-2-1-3-7-12)11-10-17-13-8-4-5-9-16-13/h1-3,6-7,13H,4-5,8-11H2. The third-order valence-corrected chi connectivity index (χ3v) is 4.59. The van der Waals surface area contributed by atoms with E-state index >= 15 is 0 Å². The summed E-state index contributed by atoms with van der Waals surface area (Å²) >= 11 is 0. The topological polar surface area (TPSA) is 52.6 Å². The van der Waals surface area contributed by atoms with Crippen LogP contribution in [-0.4, -0.2) is 33.7 Å². The van der Waals surface area contributed by atoms with Crippen LogP contribution in [0.25, 0.3) is 0 Å². The van der Waals surface area contributed by atoms with Crippen LogP contribution in [0.5, 0.6) is 0 Å². The molecule has 0 saturated carbocycles. The van der Waals surface area contributed by atoms with Crippen molar-refractivity contribution in [1.29, 1.82) is 0 Å². The fourth-order valence-electron chi connectivity index (χ4n) is 1.88. The lowest BCUT2D eigenvalue weighted by molar-refractivity contribution is -0.158. The van der Waals surface area contributed by atoms with E-state index in [0.717, 1.165) is 19.3 Å². The van der Waals surface area contributed by atoms with Gasteiger partial charge in [-0.2, -0.15) is 0 Å². The average molecular weight is 270 g/mol. The van der Waals surface area contributed by atoms with Gasteiger partial charge >= 0.3 is 0 Å². The summed E-state index contributed by atoms with van der Waals surface area (Å²) < 4.78 is 34.7. The van der Waals surface area contributed by atoms with Crippen LogP contribution >= 0.6 is 0 Å². The largest absolute Gasteiger partial charge is 0.353 e. The molecule has 4 nitrogen and oxygen atoms in total. The number of rotatable bonds is 5. The third kappa shape index (κ3) is 3.80. The molecule has 1 aromatic rings. The van der Waals surface area contributed by atoms with Crippen molar-refractivity contribution < 1.29 is 17.9 Å². The van der Waals surface area contributed by atoms with Crippen LogP contribution in [0.2, 0.25) is 0 Å². The van der Waals surface area contributed by atoms with Gasteiger partial charge in [-0.25, -0.2) is 8.42 Å². The monoisotopic (exact) mass is 270 g/mol. The second-order valence-corrected chi connectivity index (χ2v) is 6.41. The zero-order valence-electron chi connectivity index (χ0n) is 10.2. The van der Waals surface area contributed by atoms with Crippen molar-refractivity contribution in [2.24, 2.45) is 0 Å². The second kappa shape index (κ2) is 6.31. The summed E-state index contributed by atoms with van der Waals surface area (Å²) in [5.41, 5.74) is 0. The summed E-state index contributed by atoms with van der Waals surface area (Å²) in [5.74, 6) is -0.00310. The number of hydrogen-bond acceptors (Lipinski definition) is 4. The molecule has 5 heteroatoms. The highest BCUT2D eigenvalue weighted by atomic mass is 32.2. The Balaban J connectivity index is 1.82. The lowest BCUT2D eigenvalue weighted by atomic mass is 10.2. The van der Waals surface area contributed by atoms with Gasteiger partial charge in [-0.15, -0.1) is 0 Å². The van der Waals surface area contributed by atoms with E-state index in [0.29, 0.717) is 11.5 Å². The molecule has 18 heavy (non-hydrogen) atoms. The minimum absolute atomic E-state index is 0.00310. The van der Waals surface area contributed by atoms with Gasteiger partial charge in [0.25, 0.3) is 0 Å². The van der Waals surface area contributed by atoms with Gasteiger partial charge in [0, 0.05) is 6.61 Å². The second-order valence-electron chi connectivity index (χ2n) is 4.30. The lowest BCUT2D eigenvalue weighted by Gasteiger charge is -2.22. The van der Waals surface area contributed by atoms with Gasteiger partial charge in [0.1, 0.15) is 0 Å². The molecule has 1 aliphatic heterocycles. The van der Waals surface area contributed by atoms with Gasteiger partial charge in [0.2, 0.25) is 0 Å². The van der Waals surface area contributed by atoms with E-state index in [4.69, 9.17) is 9.47 Å². The van der Waals surface area contributed by atoms with Crippen LogP contribution in [-0.2, 0) is 19.3 Å². The van der Waals surface area contributed by atoms with Crippen LogP contribution in [0.15, 0.2) is 35.2 Å². The lowest BCUT2D eigenvalue weighted by Crippen LogP contribution is -2.25. The Labute approximate surface area is 108 Å². The van der Waals surface area contributed by atoms with Crippen molar-refractivity contribution in [2.75, 3.05) is 19.0 Å². The minimum Gasteiger partial charge on any atom is -0.353 e. The maximum absolute atomic E-state index is 12.0. The van der Waals surface area contributed by atoms with E-state index in [1.54, 1.807) is 30.3 Å². The number of hydrogen-bond donors (Lipinski definition) is 0. The maximum atomic E-state index is 12.0. The predicted octanol–water partition coefficient (Wildman–Crippen LogP) is 2.00. The van der Waals surface area contributed by atoms with Crippen LogP contribution in [0, 0.1) is 0 Å². The molecule has 0 amide bonds. The van der Waals surface area contributed by atoms with Gasteiger partial charge in [0.05, 0.1) is 17.3 Å². The molecule has 1 atom stereocenters. The Morgan fingerprint density at radius 2 is 2.00 bits per heavy atom. The van der Waals surface area contributed by atoms with E-state index in [-0.39, 0.29) is 18.6 Å². The minimum atomic E-state index is -3.24. The molecule has 1 aromatic carbocycles. The Morgan fingerprint density at radius 3 is 2.67 bits per heavy atom. The summed E-state index contributed by atoms with van der Waals surface area (Å²) in [7, 11) is -3.24. The first kappa shape index (κ1) is 13.5. The van der Waals surface area contributed by atoms with Crippen molar-refractivity contribution in [3.63, 3.8) is 0 Å². The van der Waals surface area contributed by atoms with Crippen molar-refractivity contribution in [3.8, 4) is 0 Å². The van der Waals surface area contributed by atoms with Gasteiger partial charge in [0.15, 0.2) is 16.1 Å². The Kier molecular flexibility index (Phi) is 4.74. The van der Waals surface area contributed by atoms with E-state index in [1.165, 1.54) is 0 Å². The maximum Gasteiger partial charge on any atom is 0.180 e. The summed E-state index contributed by atoms with van der Waals surface area (Å²) in [6.45, 7) is 0.887. The number of ether oxygens (including phenoxy) is 2. The first-order chi connectivity index (χ1) is 8.68. The molecule has 100 valence electrons. The molecule has 0 aromatic heterocycles. The molecule has 1 saturated heterocycles. The van der Waals surface area contributed by atoms with Gasteiger partial charge in [-0.3, -0.25) is 0 Å². The van der Waals surface area contributed by atoms with Crippen molar-refractivity contribution in [1.82, 2.24) is 0 Å². The zero-order chi connectivity index (χ0) is 12.8.